The van der Waals surface area contributed by atoms with Crippen LogP contribution in [0.5, 0.6) is 0 Å². The van der Waals surface area contributed by atoms with Gasteiger partial charge < -0.3 is 9.30 Å². The van der Waals surface area contributed by atoms with Crippen LogP contribution in [0.2, 0.25) is 0 Å². The van der Waals surface area contributed by atoms with Gasteiger partial charge in [0.15, 0.2) is 5.78 Å². The monoisotopic (exact) mass is 487 g/mol. The lowest BCUT2D eigenvalue weighted by atomic mass is 10.1. The first-order chi connectivity index (χ1) is 15.8. The van der Waals surface area contributed by atoms with Crippen LogP contribution < -0.4 is 0 Å². The van der Waals surface area contributed by atoms with E-state index in [-0.39, 0.29) is 10.7 Å². The zero-order valence-corrected chi connectivity index (χ0v) is 20.8. The highest BCUT2D eigenvalue weighted by molar-refractivity contribution is 7.89. The molecule has 4 rings (SSSR count). The molecule has 0 aliphatic carbocycles. The Morgan fingerprint density at radius 2 is 1.88 bits per heavy atom. The molecule has 3 aromatic rings. The predicted octanol–water partition coefficient (Wildman–Crippen LogP) is 3.49. The Labute approximate surface area is 199 Å². The van der Waals surface area contributed by atoms with Gasteiger partial charge in [0.2, 0.25) is 10.0 Å². The van der Waals surface area contributed by atoms with Crippen molar-refractivity contribution < 1.29 is 17.9 Å². The van der Waals surface area contributed by atoms with Crippen molar-refractivity contribution in [2.75, 3.05) is 39.9 Å². The molecular formula is C24H29N3O4S2. The second-order valence-corrected chi connectivity index (χ2v) is 11.3. The molecule has 2 aromatic heterocycles. The summed E-state index contributed by atoms with van der Waals surface area (Å²) < 4.78 is 34.9. The van der Waals surface area contributed by atoms with Gasteiger partial charge in [-0.1, -0.05) is 12.1 Å². The molecule has 1 saturated heterocycles. The summed E-state index contributed by atoms with van der Waals surface area (Å²) in [5.74, 6) is 0.0468. The third kappa shape index (κ3) is 5.12. The quantitative estimate of drug-likeness (QED) is 0.455. The van der Waals surface area contributed by atoms with Gasteiger partial charge in [-0.15, -0.1) is 11.3 Å². The average molecular weight is 488 g/mol. The summed E-state index contributed by atoms with van der Waals surface area (Å²) >= 11 is 1.68. The highest BCUT2D eigenvalue weighted by Crippen LogP contribution is 2.25. The predicted molar refractivity (Wildman–Crippen MR) is 130 cm³/mol. The fraction of sp³-hybridized carbons (Fsp3) is 0.375. The summed E-state index contributed by atoms with van der Waals surface area (Å²) in [6.45, 7) is 6.39. The number of sulfonamides is 1. The number of aromatic nitrogens is 1. The van der Waals surface area contributed by atoms with Crippen LogP contribution >= 0.6 is 11.3 Å². The summed E-state index contributed by atoms with van der Waals surface area (Å²) in [6, 6.07) is 12.9. The van der Waals surface area contributed by atoms with Crippen LogP contribution in [0.1, 0.15) is 26.6 Å². The van der Waals surface area contributed by atoms with E-state index in [0.717, 1.165) is 23.6 Å². The zero-order chi connectivity index (χ0) is 23.6. The highest BCUT2D eigenvalue weighted by atomic mass is 32.2. The summed E-state index contributed by atoms with van der Waals surface area (Å²) in [7, 11) is -1.66. The topological polar surface area (TPSA) is 71.9 Å². The normalized spacial score (nSPS) is 15.3. The first-order valence-electron chi connectivity index (χ1n) is 10.9. The smallest absolute Gasteiger partial charge is 0.243 e. The number of ketones is 1. The molecule has 0 bridgehead atoms. The van der Waals surface area contributed by atoms with E-state index in [1.165, 1.54) is 9.18 Å². The van der Waals surface area contributed by atoms with Gasteiger partial charge in [0.05, 0.1) is 24.7 Å². The lowest BCUT2D eigenvalue weighted by molar-refractivity contribution is 0.0730. The molecule has 3 heterocycles. The van der Waals surface area contributed by atoms with Crippen LogP contribution in [0.15, 0.2) is 52.7 Å². The summed E-state index contributed by atoms with van der Waals surface area (Å²) in [6.07, 6.45) is 0. The maximum atomic E-state index is 13.1. The van der Waals surface area contributed by atoms with Gasteiger partial charge in [-0.05, 0) is 56.6 Å². The van der Waals surface area contributed by atoms with E-state index < -0.39 is 10.0 Å². The maximum Gasteiger partial charge on any atom is 0.243 e. The number of likely N-dealkylation sites (N-methyl/N-ethyl adjacent to an activating group) is 1. The third-order valence-corrected chi connectivity index (χ3v) is 8.59. The summed E-state index contributed by atoms with van der Waals surface area (Å²) in [4.78, 5) is 16.5. The number of ether oxygens (including phenoxy) is 1. The molecule has 9 heteroatoms. The third-order valence-electron chi connectivity index (χ3n) is 5.83. The molecule has 7 nitrogen and oxygen atoms in total. The molecule has 0 saturated carbocycles. The fourth-order valence-electron chi connectivity index (χ4n) is 4.22. The van der Waals surface area contributed by atoms with Crippen molar-refractivity contribution in [3.05, 3.63) is 69.7 Å². The number of nitrogens with zero attached hydrogens (tertiary/aromatic N) is 3. The number of aryl methyl sites for hydroxylation is 1. The first-order valence-corrected chi connectivity index (χ1v) is 13.2. The van der Waals surface area contributed by atoms with Crippen molar-refractivity contribution in [2.24, 2.45) is 0 Å². The van der Waals surface area contributed by atoms with Crippen LogP contribution in [-0.4, -0.2) is 67.9 Å². The molecule has 176 valence electrons. The van der Waals surface area contributed by atoms with Crippen LogP contribution in [0.3, 0.4) is 0 Å². The molecule has 1 aliphatic heterocycles. The zero-order valence-electron chi connectivity index (χ0n) is 19.2. The van der Waals surface area contributed by atoms with Gasteiger partial charge in [-0.3, -0.25) is 9.69 Å². The molecular weight excluding hydrogens is 458 g/mol. The van der Waals surface area contributed by atoms with Crippen LogP contribution in [0, 0.1) is 13.8 Å². The van der Waals surface area contributed by atoms with Gasteiger partial charge in [-0.2, -0.15) is 4.31 Å². The molecule has 33 heavy (non-hydrogen) atoms. The highest BCUT2D eigenvalue weighted by Gasteiger charge is 2.27. The second-order valence-electron chi connectivity index (χ2n) is 8.31. The van der Waals surface area contributed by atoms with E-state index >= 15 is 0 Å². The van der Waals surface area contributed by atoms with Crippen molar-refractivity contribution in [1.82, 2.24) is 13.8 Å². The average Bonchev–Trinajstić information content (AvgIpc) is 3.41. The van der Waals surface area contributed by atoms with Crippen LogP contribution in [0.25, 0.3) is 5.69 Å². The van der Waals surface area contributed by atoms with E-state index in [1.54, 1.807) is 29.5 Å². The van der Waals surface area contributed by atoms with Gasteiger partial charge >= 0.3 is 0 Å². The van der Waals surface area contributed by atoms with Crippen molar-refractivity contribution in [3.8, 4) is 5.69 Å². The minimum Gasteiger partial charge on any atom is -0.379 e. The minimum absolute atomic E-state index is 0.0468. The number of morpholine rings is 1. The molecule has 1 aliphatic rings. The van der Waals surface area contributed by atoms with Gasteiger partial charge in [0.25, 0.3) is 0 Å². The maximum absolute atomic E-state index is 13.1. The van der Waals surface area contributed by atoms with Gasteiger partial charge in [-0.25, -0.2) is 8.42 Å². The SMILES string of the molecule is Cc1cc(C(=O)CN(C)Cc2cccs2)c(C)n1-c1cccc(S(=O)(=O)N2CCOCC2)c1. The van der Waals surface area contributed by atoms with Gasteiger partial charge in [0, 0.05) is 47.2 Å². The number of carbonyl (C=O) groups excluding carboxylic acids is 1. The Kier molecular flexibility index (Phi) is 7.16. The lowest BCUT2D eigenvalue weighted by Crippen LogP contribution is -2.40. The molecule has 1 fully saturated rings. The number of hydrogen-bond donors (Lipinski definition) is 0. The van der Waals surface area contributed by atoms with Crippen molar-refractivity contribution in [2.45, 2.75) is 25.3 Å². The van der Waals surface area contributed by atoms with E-state index in [4.69, 9.17) is 4.74 Å². The van der Waals surface area contributed by atoms with Crippen LogP contribution in [-0.2, 0) is 21.3 Å². The Balaban J connectivity index is 1.58. The fourth-order valence-corrected chi connectivity index (χ4v) is 6.45. The van der Waals surface area contributed by atoms with E-state index in [0.29, 0.717) is 38.4 Å². The largest absolute Gasteiger partial charge is 0.379 e. The molecule has 0 radical (unpaired) electrons. The summed E-state index contributed by atoms with van der Waals surface area (Å²) in [5, 5.41) is 2.03. The molecule has 0 N–H and O–H groups in total. The van der Waals surface area contributed by atoms with E-state index in [9.17, 15) is 13.2 Å². The number of Topliss-reactive ketones (excluding diaryl/α,β-unsaturated/α-hetero) is 1. The number of rotatable bonds is 8. The minimum atomic E-state index is -3.60. The Hall–Kier alpha value is -2.30. The number of benzene rings is 1. The number of hydrogen-bond acceptors (Lipinski definition) is 6. The van der Waals surface area contributed by atoms with E-state index in [1.807, 2.05) is 53.9 Å². The molecule has 0 atom stereocenters. The number of thiophene rings is 1. The summed E-state index contributed by atoms with van der Waals surface area (Å²) in [5.41, 5.74) is 3.08. The lowest BCUT2D eigenvalue weighted by Gasteiger charge is -2.26. The molecule has 1 aromatic carbocycles. The number of carbonyl (C=O) groups is 1. The molecule has 0 unspecified atom stereocenters. The standard InChI is InChI=1S/C24H29N3O4S2/c1-18-14-23(24(28)17-25(3)16-21-7-5-13-32-21)19(2)27(18)20-6-4-8-22(15-20)33(29,30)26-9-11-31-12-10-26/h4-8,13-15H,9-12,16-17H2,1-3H3. The Bertz CT molecular complexity index is 1230. The van der Waals surface area contributed by atoms with Gasteiger partial charge in [0.1, 0.15) is 0 Å². The molecule has 0 spiro atoms. The van der Waals surface area contributed by atoms with E-state index in [2.05, 4.69) is 6.07 Å². The van der Waals surface area contributed by atoms with Crippen molar-refractivity contribution in [1.29, 1.82) is 0 Å². The van der Waals surface area contributed by atoms with Crippen molar-refractivity contribution in [3.63, 3.8) is 0 Å². The first kappa shape index (κ1) is 23.8. The second kappa shape index (κ2) is 9.90. The Morgan fingerprint density at radius 3 is 2.58 bits per heavy atom. The Morgan fingerprint density at radius 1 is 1.12 bits per heavy atom. The molecule has 0 amide bonds. The van der Waals surface area contributed by atoms with Crippen LogP contribution in [0.4, 0.5) is 0 Å². The van der Waals surface area contributed by atoms with Crippen molar-refractivity contribution >= 4 is 27.1 Å².